The van der Waals surface area contributed by atoms with Crippen LogP contribution in [0.15, 0.2) is 36.4 Å². The lowest BCUT2D eigenvalue weighted by Gasteiger charge is -2.16. The molecule has 0 bridgehead atoms. The topological polar surface area (TPSA) is 26.0 Å². The molecule has 2 rings (SSSR count). The van der Waals surface area contributed by atoms with Gasteiger partial charge in [0.2, 0.25) is 0 Å². The predicted octanol–water partition coefficient (Wildman–Crippen LogP) is 4.67. The first-order valence-electron chi connectivity index (χ1n) is 6.94. The molecule has 2 N–H and O–H groups in total. The molecule has 1 nitrogen and oxygen atoms in total. The third-order valence-electron chi connectivity index (χ3n) is 3.83. The van der Waals surface area contributed by atoms with E-state index in [4.69, 9.17) is 5.73 Å². The molecule has 0 saturated carbocycles. The summed E-state index contributed by atoms with van der Waals surface area (Å²) in [5.74, 6) is -2.47. The minimum atomic E-state index is -0.967. The van der Waals surface area contributed by atoms with Crippen LogP contribution in [0.1, 0.15) is 48.9 Å². The van der Waals surface area contributed by atoms with Crippen molar-refractivity contribution < 1.29 is 13.2 Å². The molecule has 2 atom stereocenters. The van der Waals surface area contributed by atoms with Crippen molar-refractivity contribution in [2.45, 2.75) is 32.2 Å². The molecule has 0 aromatic heterocycles. The second-order valence-electron chi connectivity index (χ2n) is 5.24. The SMILES string of the molecule is CCC(C)c1ccc(C(N)c2c(F)cc(F)cc2F)cc1. The van der Waals surface area contributed by atoms with Crippen LogP contribution < -0.4 is 5.73 Å². The van der Waals surface area contributed by atoms with Crippen LogP contribution in [0.3, 0.4) is 0 Å². The number of benzene rings is 2. The summed E-state index contributed by atoms with van der Waals surface area (Å²) in [5.41, 5.74) is 7.35. The van der Waals surface area contributed by atoms with Gasteiger partial charge < -0.3 is 5.73 Å². The monoisotopic (exact) mass is 293 g/mol. The summed E-state index contributed by atoms with van der Waals surface area (Å²) in [7, 11) is 0. The van der Waals surface area contributed by atoms with E-state index in [-0.39, 0.29) is 5.56 Å². The van der Waals surface area contributed by atoms with Crippen LogP contribution in [0.25, 0.3) is 0 Å². The molecule has 0 spiro atoms. The van der Waals surface area contributed by atoms with Crippen LogP contribution >= 0.6 is 0 Å². The number of nitrogens with two attached hydrogens (primary N) is 1. The van der Waals surface area contributed by atoms with E-state index in [1.807, 2.05) is 12.1 Å². The van der Waals surface area contributed by atoms with Gasteiger partial charge in [0, 0.05) is 17.7 Å². The summed E-state index contributed by atoms with van der Waals surface area (Å²) in [6, 6.07) is 7.66. The third kappa shape index (κ3) is 3.27. The molecule has 0 aliphatic rings. The Morgan fingerprint density at radius 3 is 1.90 bits per heavy atom. The summed E-state index contributed by atoms with van der Waals surface area (Å²) < 4.78 is 40.4. The zero-order valence-electron chi connectivity index (χ0n) is 12.0. The van der Waals surface area contributed by atoms with E-state index in [0.717, 1.165) is 12.0 Å². The van der Waals surface area contributed by atoms with E-state index in [0.29, 0.717) is 23.6 Å². The first kappa shape index (κ1) is 15.6. The summed E-state index contributed by atoms with van der Waals surface area (Å²) >= 11 is 0. The van der Waals surface area contributed by atoms with E-state index in [1.165, 1.54) is 0 Å². The van der Waals surface area contributed by atoms with Crippen LogP contribution in [0, 0.1) is 17.5 Å². The van der Waals surface area contributed by atoms with Crippen molar-refractivity contribution in [3.63, 3.8) is 0 Å². The van der Waals surface area contributed by atoms with Crippen LogP contribution in [0.2, 0.25) is 0 Å². The maximum atomic E-state index is 13.7. The molecule has 112 valence electrons. The Morgan fingerprint density at radius 2 is 1.43 bits per heavy atom. The molecule has 21 heavy (non-hydrogen) atoms. The lowest BCUT2D eigenvalue weighted by atomic mass is 9.93. The number of halogens is 3. The Morgan fingerprint density at radius 1 is 0.952 bits per heavy atom. The molecule has 0 aliphatic heterocycles. The molecule has 2 aromatic rings. The molecule has 0 saturated heterocycles. The van der Waals surface area contributed by atoms with Crippen molar-refractivity contribution in [2.24, 2.45) is 5.73 Å². The highest BCUT2D eigenvalue weighted by Gasteiger charge is 2.20. The first-order valence-corrected chi connectivity index (χ1v) is 6.94. The first-order chi connectivity index (χ1) is 9.93. The second kappa shape index (κ2) is 6.31. The summed E-state index contributed by atoms with van der Waals surface area (Å²) in [4.78, 5) is 0. The van der Waals surface area contributed by atoms with Gasteiger partial charge in [0.15, 0.2) is 0 Å². The van der Waals surface area contributed by atoms with Gasteiger partial charge in [-0.25, -0.2) is 13.2 Å². The van der Waals surface area contributed by atoms with E-state index in [9.17, 15) is 13.2 Å². The molecule has 2 aromatic carbocycles. The van der Waals surface area contributed by atoms with Crippen molar-refractivity contribution in [3.05, 3.63) is 70.5 Å². The van der Waals surface area contributed by atoms with Gasteiger partial charge in [0.25, 0.3) is 0 Å². The highest BCUT2D eigenvalue weighted by Crippen LogP contribution is 2.27. The molecule has 0 fully saturated rings. The van der Waals surface area contributed by atoms with Gasteiger partial charge in [-0.1, -0.05) is 38.1 Å². The summed E-state index contributed by atoms with van der Waals surface area (Å²) in [6.07, 6.45) is 1.01. The Kier molecular flexibility index (Phi) is 4.68. The average Bonchev–Trinajstić information content (AvgIpc) is 2.45. The van der Waals surface area contributed by atoms with Gasteiger partial charge in [-0.15, -0.1) is 0 Å². The standard InChI is InChI=1S/C17H18F3N/c1-3-10(2)11-4-6-12(7-5-11)17(21)16-14(19)8-13(18)9-15(16)20/h4-10,17H,3,21H2,1-2H3. The van der Waals surface area contributed by atoms with E-state index >= 15 is 0 Å². The quantitative estimate of drug-likeness (QED) is 0.871. The zero-order chi connectivity index (χ0) is 15.6. The zero-order valence-corrected chi connectivity index (χ0v) is 12.0. The number of rotatable bonds is 4. The summed E-state index contributed by atoms with van der Waals surface area (Å²) in [5, 5.41) is 0. The summed E-state index contributed by atoms with van der Waals surface area (Å²) in [6.45, 7) is 4.20. The fourth-order valence-electron chi connectivity index (χ4n) is 2.28. The van der Waals surface area contributed by atoms with Crippen LogP contribution in [0.5, 0.6) is 0 Å². The van der Waals surface area contributed by atoms with Gasteiger partial charge in [0.1, 0.15) is 17.5 Å². The Bertz CT molecular complexity index is 599. The molecule has 4 heteroatoms. The van der Waals surface area contributed by atoms with Crippen molar-refractivity contribution in [3.8, 4) is 0 Å². The number of hydrogen-bond donors (Lipinski definition) is 1. The Hall–Kier alpha value is -1.81. The molecule has 0 amide bonds. The Labute approximate surface area is 122 Å². The van der Waals surface area contributed by atoms with Gasteiger partial charge in [-0.05, 0) is 23.5 Å². The van der Waals surface area contributed by atoms with Crippen LogP contribution in [-0.2, 0) is 0 Å². The van der Waals surface area contributed by atoms with Crippen LogP contribution in [0.4, 0.5) is 13.2 Å². The highest BCUT2D eigenvalue weighted by molar-refractivity contribution is 5.35. The van der Waals surface area contributed by atoms with Crippen molar-refractivity contribution >= 4 is 0 Å². The van der Waals surface area contributed by atoms with Gasteiger partial charge >= 0.3 is 0 Å². The van der Waals surface area contributed by atoms with Crippen molar-refractivity contribution in [1.82, 2.24) is 0 Å². The van der Waals surface area contributed by atoms with Gasteiger partial charge in [-0.3, -0.25) is 0 Å². The molecule has 0 radical (unpaired) electrons. The average molecular weight is 293 g/mol. The fourth-order valence-corrected chi connectivity index (χ4v) is 2.28. The van der Waals surface area contributed by atoms with Gasteiger partial charge in [-0.2, -0.15) is 0 Å². The molecule has 0 heterocycles. The number of hydrogen-bond acceptors (Lipinski definition) is 1. The lowest BCUT2D eigenvalue weighted by molar-refractivity contribution is 0.515. The molecule has 0 aliphatic carbocycles. The third-order valence-corrected chi connectivity index (χ3v) is 3.83. The fraction of sp³-hybridized carbons (Fsp3) is 0.294. The maximum Gasteiger partial charge on any atom is 0.134 e. The van der Waals surface area contributed by atoms with E-state index < -0.39 is 23.5 Å². The van der Waals surface area contributed by atoms with Crippen molar-refractivity contribution in [1.29, 1.82) is 0 Å². The smallest absolute Gasteiger partial charge is 0.134 e. The minimum absolute atomic E-state index is 0.312. The van der Waals surface area contributed by atoms with E-state index in [2.05, 4.69) is 13.8 Å². The largest absolute Gasteiger partial charge is 0.320 e. The van der Waals surface area contributed by atoms with Crippen LogP contribution in [-0.4, -0.2) is 0 Å². The van der Waals surface area contributed by atoms with E-state index in [1.54, 1.807) is 12.1 Å². The Balaban J connectivity index is 2.34. The van der Waals surface area contributed by atoms with Gasteiger partial charge in [0.05, 0.1) is 6.04 Å². The maximum absolute atomic E-state index is 13.7. The highest BCUT2D eigenvalue weighted by atomic mass is 19.1. The second-order valence-corrected chi connectivity index (χ2v) is 5.24. The van der Waals surface area contributed by atoms with Crippen molar-refractivity contribution in [2.75, 3.05) is 0 Å². The molecular weight excluding hydrogens is 275 g/mol. The molecule has 2 unspecified atom stereocenters. The molecular formula is C17H18F3N. The lowest BCUT2D eigenvalue weighted by Crippen LogP contribution is -2.16. The predicted molar refractivity (Wildman–Crippen MR) is 77.5 cm³/mol. The minimum Gasteiger partial charge on any atom is -0.320 e. The normalized spacial score (nSPS) is 14.0.